The maximum atomic E-state index is 5.68. The summed E-state index contributed by atoms with van der Waals surface area (Å²) >= 11 is 1.62. The van der Waals surface area contributed by atoms with Gasteiger partial charge in [0.2, 0.25) is 0 Å². The van der Waals surface area contributed by atoms with Gasteiger partial charge < -0.3 is 5.73 Å². The van der Waals surface area contributed by atoms with E-state index in [0.29, 0.717) is 5.13 Å². The van der Waals surface area contributed by atoms with Gasteiger partial charge in [0.25, 0.3) is 0 Å². The minimum atomic E-state index is 0.688. The molecule has 17 heavy (non-hydrogen) atoms. The molecule has 94 valence electrons. The summed E-state index contributed by atoms with van der Waals surface area (Å²) in [6.45, 7) is 3.43. The van der Waals surface area contributed by atoms with Gasteiger partial charge in [-0.15, -0.1) is 11.3 Å². The van der Waals surface area contributed by atoms with E-state index in [1.54, 1.807) is 11.3 Å². The molecule has 3 rings (SSSR count). The van der Waals surface area contributed by atoms with Gasteiger partial charge in [0, 0.05) is 42.8 Å². The Hall–Kier alpha value is -0.650. The molecule has 2 aliphatic heterocycles. The van der Waals surface area contributed by atoms with Crippen LogP contribution >= 0.6 is 11.3 Å². The van der Waals surface area contributed by atoms with E-state index in [-0.39, 0.29) is 0 Å². The Bertz CT molecular complexity index is 392. The van der Waals surface area contributed by atoms with Gasteiger partial charge in [0.1, 0.15) is 0 Å². The molecule has 1 aromatic rings. The normalized spacial score (nSPS) is 30.6. The van der Waals surface area contributed by atoms with Crippen LogP contribution in [0.15, 0.2) is 6.20 Å². The number of aromatic nitrogens is 1. The molecule has 1 aromatic heterocycles. The highest BCUT2D eigenvalue weighted by molar-refractivity contribution is 7.15. The van der Waals surface area contributed by atoms with Gasteiger partial charge in [0.05, 0.1) is 0 Å². The zero-order valence-corrected chi connectivity index (χ0v) is 11.1. The SMILES string of the molecule is CN1C2CCC1CN(Cc1cnc(N)s1)CC2. The summed E-state index contributed by atoms with van der Waals surface area (Å²) in [5.74, 6) is 0. The van der Waals surface area contributed by atoms with E-state index in [1.165, 1.54) is 37.2 Å². The van der Waals surface area contributed by atoms with Crippen molar-refractivity contribution in [1.29, 1.82) is 0 Å². The second kappa shape index (κ2) is 4.55. The molecule has 3 heterocycles. The third-order valence-corrected chi connectivity index (χ3v) is 4.99. The van der Waals surface area contributed by atoms with Crippen molar-refractivity contribution in [2.45, 2.75) is 37.9 Å². The number of anilines is 1. The Morgan fingerprint density at radius 2 is 2.24 bits per heavy atom. The summed E-state index contributed by atoms with van der Waals surface area (Å²) < 4.78 is 0. The summed E-state index contributed by atoms with van der Waals surface area (Å²) in [6, 6.07) is 1.57. The van der Waals surface area contributed by atoms with Crippen LogP contribution < -0.4 is 5.73 Å². The lowest BCUT2D eigenvalue weighted by molar-refractivity contribution is 0.215. The lowest BCUT2D eigenvalue weighted by Gasteiger charge is -2.25. The van der Waals surface area contributed by atoms with Crippen molar-refractivity contribution in [3.8, 4) is 0 Å². The molecule has 0 saturated carbocycles. The maximum absolute atomic E-state index is 5.68. The Morgan fingerprint density at radius 3 is 3.00 bits per heavy atom. The minimum absolute atomic E-state index is 0.688. The number of nitrogens with two attached hydrogens (primary N) is 1. The molecule has 2 saturated heterocycles. The highest BCUT2D eigenvalue weighted by atomic mass is 32.1. The number of hydrogen-bond acceptors (Lipinski definition) is 5. The van der Waals surface area contributed by atoms with E-state index in [9.17, 15) is 0 Å². The van der Waals surface area contributed by atoms with Crippen molar-refractivity contribution in [3.63, 3.8) is 0 Å². The Morgan fingerprint density at radius 1 is 1.41 bits per heavy atom. The first-order valence-corrected chi connectivity index (χ1v) is 7.18. The first kappa shape index (κ1) is 11.4. The van der Waals surface area contributed by atoms with Gasteiger partial charge in [-0.3, -0.25) is 9.80 Å². The molecule has 4 nitrogen and oxygen atoms in total. The Kier molecular flexibility index (Phi) is 3.06. The average Bonchev–Trinajstić information content (AvgIpc) is 2.77. The van der Waals surface area contributed by atoms with E-state index in [2.05, 4.69) is 21.8 Å². The second-order valence-corrected chi connectivity index (χ2v) is 6.39. The fourth-order valence-corrected chi connectivity index (χ4v) is 3.87. The zero-order valence-electron chi connectivity index (χ0n) is 10.3. The standard InChI is InChI=1S/C12H20N4S/c1-15-9-2-3-10(15)7-16(5-4-9)8-11-6-14-12(13)17-11/h6,9-10H,2-5,7-8H2,1H3,(H2,13,14). The molecule has 2 bridgehead atoms. The third-order valence-electron chi connectivity index (χ3n) is 4.18. The highest BCUT2D eigenvalue weighted by Gasteiger charge is 2.34. The summed E-state index contributed by atoms with van der Waals surface area (Å²) in [6.07, 6.45) is 5.99. The molecule has 2 N–H and O–H groups in total. The first-order chi connectivity index (χ1) is 8.22. The Labute approximate surface area is 106 Å². The second-order valence-electron chi connectivity index (χ2n) is 5.24. The van der Waals surface area contributed by atoms with Gasteiger partial charge in [-0.2, -0.15) is 0 Å². The van der Waals surface area contributed by atoms with E-state index in [0.717, 1.165) is 18.6 Å². The first-order valence-electron chi connectivity index (χ1n) is 6.37. The number of rotatable bonds is 2. The van der Waals surface area contributed by atoms with Crippen molar-refractivity contribution in [2.75, 3.05) is 25.9 Å². The molecule has 2 atom stereocenters. The van der Waals surface area contributed by atoms with Crippen LogP contribution in [0.1, 0.15) is 24.1 Å². The van der Waals surface area contributed by atoms with Gasteiger partial charge in [-0.1, -0.05) is 0 Å². The zero-order chi connectivity index (χ0) is 11.8. The van der Waals surface area contributed by atoms with E-state index in [4.69, 9.17) is 5.73 Å². The predicted molar refractivity (Wildman–Crippen MR) is 71.0 cm³/mol. The van der Waals surface area contributed by atoms with Crippen LogP contribution in [0, 0.1) is 0 Å². The van der Waals surface area contributed by atoms with Crippen LogP contribution in [-0.4, -0.2) is 47.0 Å². The molecule has 0 aromatic carbocycles. The maximum Gasteiger partial charge on any atom is 0.180 e. The molecule has 2 unspecified atom stereocenters. The summed E-state index contributed by atoms with van der Waals surface area (Å²) in [5.41, 5.74) is 5.68. The van der Waals surface area contributed by atoms with Gasteiger partial charge >= 0.3 is 0 Å². The van der Waals surface area contributed by atoms with Gasteiger partial charge in [0.15, 0.2) is 5.13 Å². The molecule has 2 fully saturated rings. The highest BCUT2D eigenvalue weighted by Crippen LogP contribution is 2.29. The van der Waals surface area contributed by atoms with Crippen LogP contribution in [0.5, 0.6) is 0 Å². The summed E-state index contributed by atoms with van der Waals surface area (Å²) in [7, 11) is 2.29. The number of likely N-dealkylation sites (tertiary alicyclic amines) is 1. The smallest absolute Gasteiger partial charge is 0.180 e. The molecular weight excluding hydrogens is 232 g/mol. The fraction of sp³-hybridized carbons (Fsp3) is 0.750. The van der Waals surface area contributed by atoms with Crippen LogP contribution in [-0.2, 0) is 6.54 Å². The number of fused-ring (bicyclic) bond motifs is 2. The third kappa shape index (κ3) is 2.32. The average molecular weight is 252 g/mol. The van der Waals surface area contributed by atoms with Crippen molar-refractivity contribution >= 4 is 16.5 Å². The summed E-state index contributed by atoms with van der Waals surface area (Å²) in [4.78, 5) is 10.6. The number of likely N-dealkylation sites (N-methyl/N-ethyl adjacent to an activating group) is 1. The van der Waals surface area contributed by atoms with Crippen molar-refractivity contribution in [3.05, 3.63) is 11.1 Å². The number of nitrogen functional groups attached to an aromatic ring is 1. The van der Waals surface area contributed by atoms with Crippen molar-refractivity contribution < 1.29 is 0 Å². The summed E-state index contributed by atoms with van der Waals surface area (Å²) in [5, 5.41) is 0.688. The molecule has 0 spiro atoms. The minimum Gasteiger partial charge on any atom is -0.375 e. The molecule has 0 radical (unpaired) electrons. The monoisotopic (exact) mass is 252 g/mol. The van der Waals surface area contributed by atoms with Crippen LogP contribution in [0.2, 0.25) is 0 Å². The van der Waals surface area contributed by atoms with E-state index < -0.39 is 0 Å². The molecule has 5 heteroatoms. The molecule has 0 amide bonds. The lowest BCUT2D eigenvalue weighted by atomic mass is 10.1. The van der Waals surface area contributed by atoms with Crippen molar-refractivity contribution in [1.82, 2.24) is 14.8 Å². The number of nitrogens with zero attached hydrogens (tertiary/aromatic N) is 3. The lowest BCUT2D eigenvalue weighted by Crippen LogP contribution is -2.36. The predicted octanol–water partition coefficient (Wildman–Crippen LogP) is 1.39. The molecule has 0 aliphatic carbocycles. The fourth-order valence-electron chi connectivity index (χ4n) is 3.14. The Balaban J connectivity index is 1.65. The topological polar surface area (TPSA) is 45.4 Å². The molecular formula is C12H20N4S. The van der Waals surface area contributed by atoms with Crippen molar-refractivity contribution in [2.24, 2.45) is 0 Å². The van der Waals surface area contributed by atoms with E-state index in [1.807, 2.05) is 6.20 Å². The van der Waals surface area contributed by atoms with Gasteiger partial charge in [-0.25, -0.2) is 4.98 Å². The van der Waals surface area contributed by atoms with E-state index >= 15 is 0 Å². The van der Waals surface area contributed by atoms with Crippen LogP contribution in [0.25, 0.3) is 0 Å². The van der Waals surface area contributed by atoms with Crippen LogP contribution in [0.4, 0.5) is 5.13 Å². The van der Waals surface area contributed by atoms with Crippen LogP contribution in [0.3, 0.4) is 0 Å². The largest absolute Gasteiger partial charge is 0.375 e. The van der Waals surface area contributed by atoms with Gasteiger partial charge in [-0.05, 0) is 26.3 Å². The molecule has 2 aliphatic rings. The quantitative estimate of drug-likeness (QED) is 0.864. The number of hydrogen-bond donors (Lipinski definition) is 1. The number of thiazole rings is 1.